The molecule has 1 aliphatic heterocycles. The van der Waals surface area contributed by atoms with E-state index in [0.717, 1.165) is 72.7 Å². The summed E-state index contributed by atoms with van der Waals surface area (Å²) in [5.74, 6) is 1.75. The van der Waals surface area contributed by atoms with E-state index in [1.54, 1.807) is 0 Å². The van der Waals surface area contributed by atoms with Crippen molar-refractivity contribution in [2.75, 3.05) is 0 Å². The van der Waals surface area contributed by atoms with E-state index in [9.17, 15) is 0 Å². The number of rotatable bonds is 4. The van der Waals surface area contributed by atoms with Gasteiger partial charge in [0, 0.05) is 66.1 Å². The van der Waals surface area contributed by atoms with Gasteiger partial charge in [-0.3, -0.25) is 0 Å². The lowest BCUT2D eigenvalue weighted by Crippen LogP contribution is -2.05. The van der Waals surface area contributed by atoms with E-state index in [0.29, 0.717) is 0 Å². The van der Waals surface area contributed by atoms with Crippen molar-refractivity contribution in [1.82, 2.24) is 13.7 Å². The molecule has 5 nitrogen and oxygen atoms in total. The molecule has 0 radical (unpaired) electrons. The molecule has 0 aliphatic carbocycles. The minimum atomic E-state index is 0.873. The molecule has 0 bridgehead atoms. The van der Waals surface area contributed by atoms with Gasteiger partial charge in [0.1, 0.15) is 11.2 Å². The molecule has 0 unspecified atom stereocenters. The van der Waals surface area contributed by atoms with Gasteiger partial charge >= 0.3 is 0 Å². The molecular weight excluding hydrogens is 795 g/mol. The van der Waals surface area contributed by atoms with E-state index in [2.05, 4.69) is 214 Å². The first-order valence-corrected chi connectivity index (χ1v) is 22.2. The fourth-order valence-corrected chi connectivity index (χ4v) is 11.0. The summed E-state index contributed by atoms with van der Waals surface area (Å²) in [6.45, 7) is 0. The van der Waals surface area contributed by atoms with Gasteiger partial charge in [-0.25, -0.2) is 0 Å². The second-order valence-corrected chi connectivity index (χ2v) is 17.3. The molecule has 0 atom stereocenters. The van der Waals surface area contributed by atoms with Crippen molar-refractivity contribution in [3.05, 3.63) is 212 Å². The van der Waals surface area contributed by atoms with Crippen LogP contribution in [0, 0.1) is 0 Å². The molecule has 65 heavy (non-hydrogen) atoms. The Kier molecular flexibility index (Phi) is 6.89. The van der Waals surface area contributed by atoms with E-state index < -0.39 is 0 Å². The van der Waals surface area contributed by atoms with Crippen LogP contribution in [0.4, 0.5) is 0 Å². The molecule has 0 saturated carbocycles. The Morgan fingerprint density at radius 3 is 1.54 bits per heavy atom. The van der Waals surface area contributed by atoms with E-state index in [1.807, 2.05) is 12.1 Å². The largest absolute Gasteiger partial charge is 0.456 e. The Hall–Kier alpha value is -8.80. The van der Waals surface area contributed by atoms with Gasteiger partial charge in [-0.05, 0) is 102 Å². The van der Waals surface area contributed by atoms with Gasteiger partial charge in [0.25, 0.3) is 0 Å². The molecule has 4 aromatic heterocycles. The van der Waals surface area contributed by atoms with E-state index in [-0.39, 0.29) is 0 Å². The quantitative estimate of drug-likeness (QED) is 0.177. The maximum absolute atomic E-state index is 6.79. The summed E-state index contributed by atoms with van der Waals surface area (Å²) in [7, 11) is 0. The van der Waals surface area contributed by atoms with Crippen LogP contribution in [0.3, 0.4) is 0 Å². The van der Waals surface area contributed by atoms with Crippen LogP contribution in [0.25, 0.3) is 127 Å². The maximum Gasteiger partial charge on any atom is 0.159 e. The zero-order valence-corrected chi connectivity index (χ0v) is 34.9. The van der Waals surface area contributed by atoms with Crippen LogP contribution in [0.15, 0.2) is 217 Å². The molecule has 14 aromatic rings. The molecule has 0 fully saturated rings. The third-order valence-electron chi connectivity index (χ3n) is 13.8. The minimum Gasteiger partial charge on any atom is -0.456 e. The Labute approximate surface area is 371 Å². The number of fused-ring (bicyclic) bond motifs is 14. The SMILES string of the molecule is c1cc(-c2ccc(-n3c4ccccc4c4cc(-c5ccc6c(c5)c5ccccc5n6-c5ccc6c(c5)oc5ccccc56)ccc43)cc2)c2c(c1)-n1c3ccccc3c3cccc(c31)O2. The number of aromatic nitrogens is 3. The van der Waals surface area contributed by atoms with Crippen LogP contribution in [0.2, 0.25) is 0 Å². The lowest BCUT2D eigenvalue weighted by Gasteiger charge is -2.23. The maximum atomic E-state index is 6.79. The average molecular weight is 830 g/mol. The summed E-state index contributed by atoms with van der Waals surface area (Å²) in [5.41, 5.74) is 16.5. The summed E-state index contributed by atoms with van der Waals surface area (Å²) < 4.78 is 20.2. The summed E-state index contributed by atoms with van der Waals surface area (Å²) in [4.78, 5) is 0. The molecule has 15 rings (SSSR count). The number of hydrogen-bond donors (Lipinski definition) is 0. The van der Waals surface area contributed by atoms with Crippen LogP contribution in [0.5, 0.6) is 11.5 Å². The predicted molar refractivity (Wildman–Crippen MR) is 268 cm³/mol. The summed E-state index contributed by atoms with van der Waals surface area (Å²) >= 11 is 0. The van der Waals surface area contributed by atoms with Gasteiger partial charge in [-0.1, -0.05) is 121 Å². The van der Waals surface area contributed by atoms with Crippen molar-refractivity contribution < 1.29 is 9.15 Å². The monoisotopic (exact) mass is 829 g/mol. The molecular formula is C60H35N3O2. The fourth-order valence-electron chi connectivity index (χ4n) is 11.0. The first-order valence-electron chi connectivity index (χ1n) is 22.2. The molecule has 10 aromatic carbocycles. The van der Waals surface area contributed by atoms with Crippen LogP contribution in [0.1, 0.15) is 0 Å². The lowest BCUT2D eigenvalue weighted by atomic mass is 10.0. The van der Waals surface area contributed by atoms with Gasteiger partial charge in [-0.15, -0.1) is 0 Å². The van der Waals surface area contributed by atoms with Crippen molar-refractivity contribution in [2.24, 2.45) is 0 Å². The molecule has 0 amide bonds. The highest BCUT2D eigenvalue weighted by Gasteiger charge is 2.26. The second-order valence-electron chi connectivity index (χ2n) is 17.3. The number of ether oxygens (including phenoxy) is 1. The van der Waals surface area contributed by atoms with Crippen molar-refractivity contribution >= 4 is 87.4 Å². The standard InChI is InChI=1S/C60H35N3O2/c1-7-19-52-42(11-1)47-16-10-22-57-59(47)63(52)55-20-9-15-41(60(55)65-57)36-23-27-39(28-24-36)61-50-17-5-2-12-43(50)48-33-37(25-31-53(48)61)38-26-32-54-49(34-38)44-13-3-6-18-51(44)62(54)40-29-30-46-45-14-4-8-21-56(45)64-58(46)35-40/h1-35H. The number of benzene rings is 10. The smallest absolute Gasteiger partial charge is 0.159 e. The Bertz CT molecular complexity index is 4330. The van der Waals surface area contributed by atoms with Gasteiger partial charge < -0.3 is 22.9 Å². The first kappa shape index (κ1) is 34.7. The van der Waals surface area contributed by atoms with Crippen molar-refractivity contribution in [3.63, 3.8) is 0 Å². The molecule has 302 valence electrons. The summed E-state index contributed by atoms with van der Waals surface area (Å²) in [6.07, 6.45) is 0. The van der Waals surface area contributed by atoms with Crippen LogP contribution in [-0.2, 0) is 0 Å². The number of hydrogen-bond acceptors (Lipinski definition) is 2. The zero-order valence-electron chi connectivity index (χ0n) is 34.9. The van der Waals surface area contributed by atoms with Gasteiger partial charge in [-0.2, -0.15) is 0 Å². The molecule has 0 spiro atoms. The Balaban J connectivity index is 0.826. The topological polar surface area (TPSA) is 37.2 Å². The highest BCUT2D eigenvalue weighted by molar-refractivity contribution is 6.14. The number of furan rings is 1. The molecule has 0 N–H and O–H groups in total. The Morgan fingerprint density at radius 1 is 0.308 bits per heavy atom. The fraction of sp³-hybridized carbons (Fsp3) is 0. The highest BCUT2D eigenvalue weighted by atomic mass is 16.5. The molecule has 0 saturated heterocycles. The van der Waals surface area contributed by atoms with Gasteiger partial charge in [0.15, 0.2) is 11.5 Å². The number of para-hydroxylation sites is 6. The van der Waals surface area contributed by atoms with Gasteiger partial charge in [0.05, 0.1) is 38.8 Å². The average Bonchev–Trinajstić information content (AvgIpc) is 4.11. The van der Waals surface area contributed by atoms with Crippen molar-refractivity contribution in [1.29, 1.82) is 0 Å². The Morgan fingerprint density at radius 2 is 0.831 bits per heavy atom. The van der Waals surface area contributed by atoms with E-state index in [4.69, 9.17) is 9.15 Å². The summed E-state index contributed by atoms with van der Waals surface area (Å²) in [5, 5.41) is 9.59. The third kappa shape index (κ3) is 4.81. The highest BCUT2D eigenvalue weighted by Crippen LogP contribution is 2.49. The van der Waals surface area contributed by atoms with E-state index >= 15 is 0 Å². The lowest BCUT2D eigenvalue weighted by molar-refractivity contribution is 0.478. The normalized spacial score (nSPS) is 12.4. The van der Waals surface area contributed by atoms with Crippen LogP contribution in [-0.4, -0.2) is 13.7 Å². The van der Waals surface area contributed by atoms with E-state index in [1.165, 1.54) is 65.5 Å². The third-order valence-corrected chi connectivity index (χ3v) is 13.8. The number of nitrogens with zero attached hydrogens (tertiary/aromatic N) is 3. The minimum absolute atomic E-state index is 0.873. The molecule has 5 heterocycles. The predicted octanol–water partition coefficient (Wildman–Crippen LogP) is 16.3. The summed E-state index contributed by atoms with van der Waals surface area (Å²) in [6, 6.07) is 76.5. The van der Waals surface area contributed by atoms with Crippen molar-refractivity contribution in [3.8, 4) is 50.8 Å². The van der Waals surface area contributed by atoms with Gasteiger partial charge in [0.2, 0.25) is 0 Å². The molecule has 5 heteroatoms. The van der Waals surface area contributed by atoms with Crippen LogP contribution >= 0.6 is 0 Å². The first-order chi connectivity index (χ1) is 32.2. The second kappa shape index (κ2) is 12.9. The van der Waals surface area contributed by atoms with Crippen molar-refractivity contribution in [2.45, 2.75) is 0 Å². The van der Waals surface area contributed by atoms with Crippen LogP contribution < -0.4 is 4.74 Å². The molecule has 1 aliphatic rings. The zero-order chi connectivity index (χ0) is 42.3.